The maximum atomic E-state index is 11.6. The van der Waals surface area contributed by atoms with Crippen molar-refractivity contribution >= 4 is 17.7 Å². The van der Waals surface area contributed by atoms with E-state index in [1.807, 2.05) is 13.8 Å². The van der Waals surface area contributed by atoms with Crippen LogP contribution < -0.4 is 0 Å². The molecule has 0 saturated carbocycles. The van der Waals surface area contributed by atoms with Crippen molar-refractivity contribution in [2.24, 2.45) is 0 Å². The summed E-state index contributed by atoms with van der Waals surface area (Å²) < 4.78 is 46.4. The SMILES string of the molecule is CCCCCCS(=O)(=O)S(=O)(=O)CCCCC. The largest absolute Gasteiger partial charge is 0.253 e. The Bertz CT molecular complexity index is 382. The van der Waals surface area contributed by atoms with Crippen LogP contribution >= 0.6 is 0 Å². The van der Waals surface area contributed by atoms with E-state index in [1.54, 1.807) is 0 Å². The smallest absolute Gasteiger partial charge is 0.213 e. The topological polar surface area (TPSA) is 68.3 Å². The minimum Gasteiger partial charge on any atom is -0.213 e. The van der Waals surface area contributed by atoms with Crippen LogP contribution in [0.1, 0.15) is 58.8 Å². The Morgan fingerprint density at radius 2 is 0.941 bits per heavy atom. The molecule has 0 amide bonds. The first-order valence-electron chi connectivity index (χ1n) is 6.32. The van der Waals surface area contributed by atoms with E-state index in [9.17, 15) is 16.8 Å². The Kier molecular flexibility index (Phi) is 8.03. The lowest BCUT2D eigenvalue weighted by molar-refractivity contribution is 0.576. The van der Waals surface area contributed by atoms with Crippen LogP contribution in [0.3, 0.4) is 0 Å². The van der Waals surface area contributed by atoms with Crippen molar-refractivity contribution in [2.45, 2.75) is 58.8 Å². The molecule has 0 bridgehead atoms. The van der Waals surface area contributed by atoms with Gasteiger partial charge in [0.1, 0.15) is 0 Å². The summed E-state index contributed by atoms with van der Waals surface area (Å²) in [6.45, 7) is 3.97. The molecule has 0 aliphatic carbocycles. The molecule has 4 nitrogen and oxygen atoms in total. The molecule has 0 rings (SSSR count). The normalized spacial score (nSPS) is 12.8. The van der Waals surface area contributed by atoms with E-state index >= 15 is 0 Å². The third-order valence-electron chi connectivity index (χ3n) is 2.63. The predicted octanol–water partition coefficient (Wildman–Crippen LogP) is 2.50. The highest BCUT2D eigenvalue weighted by atomic mass is 33.2. The highest BCUT2D eigenvalue weighted by Crippen LogP contribution is 2.12. The molecule has 0 aliphatic rings. The number of rotatable bonds is 10. The molecule has 17 heavy (non-hydrogen) atoms. The van der Waals surface area contributed by atoms with Crippen molar-refractivity contribution in [3.05, 3.63) is 0 Å². The van der Waals surface area contributed by atoms with Crippen molar-refractivity contribution in [3.63, 3.8) is 0 Å². The summed E-state index contributed by atoms with van der Waals surface area (Å²) in [6, 6.07) is 0. The molecule has 0 aromatic carbocycles. The predicted molar refractivity (Wildman–Crippen MR) is 71.2 cm³/mol. The summed E-state index contributed by atoms with van der Waals surface area (Å²) in [5, 5.41) is 0. The fraction of sp³-hybridized carbons (Fsp3) is 1.00. The van der Waals surface area contributed by atoms with Crippen LogP contribution in [-0.4, -0.2) is 28.3 Å². The Morgan fingerprint density at radius 3 is 1.35 bits per heavy atom. The van der Waals surface area contributed by atoms with Gasteiger partial charge < -0.3 is 0 Å². The lowest BCUT2D eigenvalue weighted by Crippen LogP contribution is -2.22. The van der Waals surface area contributed by atoms with E-state index < -0.39 is 17.7 Å². The maximum absolute atomic E-state index is 11.6. The Morgan fingerprint density at radius 1 is 0.588 bits per heavy atom. The Balaban J connectivity index is 4.27. The van der Waals surface area contributed by atoms with Crippen LogP contribution in [0.2, 0.25) is 0 Å². The summed E-state index contributed by atoms with van der Waals surface area (Å²) in [6.07, 6.45) is 5.25. The molecular formula is C11H24O4S2. The fourth-order valence-electron chi connectivity index (χ4n) is 1.49. The van der Waals surface area contributed by atoms with Gasteiger partial charge >= 0.3 is 0 Å². The van der Waals surface area contributed by atoms with Gasteiger partial charge in [0, 0.05) is 0 Å². The molecule has 0 radical (unpaired) electrons. The first kappa shape index (κ1) is 16.9. The number of hydrogen-bond donors (Lipinski definition) is 0. The van der Waals surface area contributed by atoms with Gasteiger partial charge in [-0.05, 0) is 12.8 Å². The second kappa shape index (κ2) is 8.08. The molecule has 0 heterocycles. The maximum Gasteiger partial charge on any atom is 0.253 e. The van der Waals surface area contributed by atoms with Crippen molar-refractivity contribution in [3.8, 4) is 0 Å². The van der Waals surface area contributed by atoms with E-state index in [1.165, 1.54) is 0 Å². The van der Waals surface area contributed by atoms with E-state index in [4.69, 9.17) is 0 Å². The van der Waals surface area contributed by atoms with Gasteiger partial charge in [-0.1, -0.05) is 46.0 Å². The number of hydrogen-bond acceptors (Lipinski definition) is 4. The van der Waals surface area contributed by atoms with Crippen LogP contribution in [-0.2, 0) is 17.7 Å². The second-order valence-corrected chi connectivity index (χ2v) is 10.4. The Hall–Kier alpha value is -0.100. The highest BCUT2D eigenvalue weighted by molar-refractivity contribution is 8.67. The third-order valence-corrected chi connectivity index (χ3v) is 8.31. The van der Waals surface area contributed by atoms with Crippen molar-refractivity contribution < 1.29 is 16.8 Å². The molecule has 0 N–H and O–H groups in total. The van der Waals surface area contributed by atoms with Crippen LogP contribution in [0.15, 0.2) is 0 Å². The zero-order valence-corrected chi connectivity index (χ0v) is 12.4. The van der Waals surface area contributed by atoms with Crippen molar-refractivity contribution in [1.29, 1.82) is 0 Å². The average molecular weight is 284 g/mol. The zero-order chi connectivity index (χ0) is 13.4. The van der Waals surface area contributed by atoms with Gasteiger partial charge in [0.2, 0.25) is 0 Å². The van der Waals surface area contributed by atoms with Crippen molar-refractivity contribution in [1.82, 2.24) is 0 Å². The molecule has 104 valence electrons. The van der Waals surface area contributed by atoms with E-state index in [-0.39, 0.29) is 11.5 Å². The fourth-order valence-corrected chi connectivity index (χ4v) is 5.34. The van der Waals surface area contributed by atoms with Crippen LogP contribution in [0.25, 0.3) is 0 Å². The van der Waals surface area contributed by atoms with Gasteiger partial charge in [-0.15, -0.1) is 0 Å². The molecular weight excluding hydrogens is 260 g/mol. The van der Waals surface area contributed by atoms with Gasteiger partial charge in [-0.3, -0.25) is 0 Å². The highest BCUT2D eigenvalue weighted by Gasteiger charge is 2.28. The zero-order valence-electron chi connectivity index (χ0n) is 10.8. The van der Waals surface area contributed by atoms with Crippen molar-refractivity contribution in [2.75, 3.05) is 11.5 Å². The van der Waals surface area contributed by atoms with Crippen LogP contribution in [0.4, 0.5) is 0 Å². The third kappa shape index (κ3) is 6.41. The lowest BCUT2D eigenvalue weighted by atomic mass is 10.2. The minimum absolute atomic E-state index is 0.221. The molecule has 6 heteroatoms. The molecule has 0 saturated heterocycles. The molecule has 0 unspecified atom stereocenters. The van der Waals surface area contributed by atoms with Crippen LogP contribution in [0.5, 0.6) is 0 Å². The molecule has 0 aromatic rings. The standard InChI is InChI=1S/C11H24O4S2/c1-3-5-7-9-11-17(14,15)16(12,13)10-8-6-4-2/h3-11H2,1-2H3. The summed E-state index contributed by atoms with van der Waals surface area (Å²) in [4.78, 5) is 0. The summed E-state index contributed by atoms with van der Waals surface area (Å²) in [7, 11) is -7.90. The molecule has 0 aromatic heterocycles. The quantitative estimate of drug-likeness (QED) is 0.456. The summed E-state index contributed by atoms with van der Waals surface area (Å²) >= 11 is 0. The number of unbranched alkanes of at least 4 members (excludes halogenated alkanes) is 5. The molecule has 0 fully saturated rings. The monoisotopic (exact) mass is 284 g/mol. The first-order valence-corrected chi connectivity index (χ1v) is 10.1. The molecule has 0 spiro atoms. The van der Waals surface area contributed by atoms with E-state index in [0.29, 0.717) is 12.8 Å². The average Bonchev–Trinajstić information content (AvgIpc) is 2.24. The summed E-state index contributed by atoms with van der Waals surface area (Å²) in [5.74, 6) is -0.446. The van der Waals surface area contributed by atoms with Gasteiger partial charge in [0.25, 0.3) is 17.7 Å². The molecule has 0 aliphatic heterocycles. The van der Waals surface area contributed by atoms with Gasteiger partial charge in [-0.2, -0.15) is 0 Å². The second-order valence-electron chi connectivity index (χ2n) is 4.29. The Labute approximate surface area is 105 Å². The van der Waals surface area contributed by atoms with Crippen LogP contribution in [0, 0.1) is 0 Å². The van der Waals surface area contributed by atoms with Gasteiger partial charge in [0.05, 0.1) is 11.5 Å². The van der Waals surface area contributed by atoms with Gasteiger partial charge in [0.15, 0.2) is 0 Å². The van der Waals surface area contributed by atoms with E-state index in [2.05, 4.69) is 0 Å². The lowest BCUT2D eigenvalue weighted by Gasteiger charge is -2.05. The molecule has 0 atom stereocenters. The minimum atomic E-state index is -3.95. The van der Waals surface area contributed by atoms with E-state index in [0.717, 1.165) is 32.1 Å². The first-order chi connectivity index (χ1) is 7.87. The summed E-state index contributed by atoms with van der Waals surface area (Å²) in [5.41, 5.74) is 0. The van der Waals surface area contributed by atoms with Gasteiger partial charge in [-0.25, -0.2) is 16.8 Å².